The SMILES string of the molecule is c1ccc(Oc2ccc(NC3=NCCCCC3)cc2)cc1. The summed E-state index contributed by atoms with van der Waals surface area (Å²) >= 11 is 0. The molecule has 3 nitrogen and oxygen atoms in total. The highest BCUT2D eigenvalue weighted by Gasteiger charge is 2.04. The van der Waals surface area contributed by atoms with Crippen molar-refractivity contribution in [1.29, 1.82) is 0 Å². The lowest BCUT2D eigenvalue weighted by atomic mass is 10.2. The van der Waals surface area contributed by atoms with Crippen LogP contribution in [0.25, 0.3) is 0 Å². The molecule has 0 aliphatic carbocycles. The molecule has 1 heterocycles. The largest absolute Gasteiger partial charge is 0.457 e. The number of hydrogen-bond donors (Lipinski definition) is 1. The fourth-order valence-electron chi connectivity index (χ4n) is 2.37. The molecule has 1 aliphatic rings. The molecule has 0 saturated heterocycles. The van der Waals surface area contributed by atoms with E-state index in [1.165, 1.54) is 19.3 Å². The van der Waals surface area contributed by atoms with Crippen LogP contribution < -0.4 is 10.1 Å². The van der Waals surface area contributed by atoms with Gasteiger partial charge in [-0.15, -0.1) is 0 Å². The van der Waals surface area contributed by atoms with Crippen molar-refractivity contribution in [2.45, 2.75) is 25.7 Å². The average molecular weight is 280 g/mol. The lowest BCUT2D eigenvalue weighted by molar-refractivity contribution is 0.483. The van der Waals surface area contributed by atoms with Gasteiger partial charge in [-0.2, -0.15) is 0 Å². The Morgan fingerprint density at radius 3 is 2.38 bits per heavy atom. The van der Waals surface area contributed by atoms with Crippen molar-refractivity contribution < 1.29 is 4.74 Å². The minimum atomic E-state index is 0.842. The summed E-state index contributed by atoms with van der Waals surface area (Å²) in [5, 5.41) is 3.41. The van der Waals surface area contributed by atoms with Gasteiger partial charge in [0.15, 0.2) is 0 Å². The van der Waals surface area contributed by atoms with E-state index < -0.39 is 0 Å². The Balaban J connectivity index is 1.62. The van der Waals surface area contributed by atoms with E-state index in [1.807, 2.05) is 54.6 Å². The smallest absolute Gasteiger partial charge is 0.127 e. The number of para-hydroxylation sites is 1. The Kier molecular flexibility index (Phi) is 4.52. The van der Waals surface area contributed by atoms with Crippen LogP contribution in [0, 0.1) is 0 Å². The molecular formula is C18H20N2O. The van der Waals surface area contributed by atoms with E-state index in [2.05, 4.69) is 10.3 Å². The minimum absolute atomic E-state index is 0.842. The zero-order valence-corrected chi connectivity index (χ0v) is 12.1. The molecule has 0 aromatic heterocycles. The molecule has 21 heavy (non-hydrogen) atoms. The molecule has 2 aromatic rings. The van der Waals surface area contributed by atoms with Crippen molar-refractivity contribution in [1.82, 2.24) is 0 Å². The summed E-state index contributed by atoms with van der Waals surface area (Å²) in [5.74, 6) is 2.80. The molecule has 2 aromatic carbocycles. The normalized spacial score (nSPS) is 15.0. The summed E-state index contributed by atoms with van der Waals surface area (Å²) in [6.45, 7) is 0.942. The van der Waals surface area contributed by atoms with Crippen LogP contribution in [0.3, 0.4) is 0 Å². The molecule has 0 unspecified atom stereocenters. The Morgan fingerprint density at radius 2 is 1.57 bits per heavy atom. The van der Waals surface area contributed by atoms with Gasteiger partial charge in [0.25, 0.3) is 0 Å². The number of anilines is 1. The maximum absolute atomic E-state index is 5.79. The van der Waals surface area contributed by atoms with Gasteiger partial charge in [-0.25, -0.2) is 0 Å². The van der Waals surface area contributed by atoms with Gasteiger partial charge in [-0.05, 0) is 49.2 Å². The Bertz CT molecular complexity index is 590. The summed E-state index contributed by atoms with van der Waals surface area (Å²) in [6, 6.07) is 17.8. The van der Waals surface area contributed by atoms with Crippen molar-refractivity contribution in [3.8, 4) is 11.5 Å². The van der Waals surface area contributed by atoms with Gasteiger partial charge in [0.1, 0.15) is 17.3 Å². The maximum atomic E-state index is 5.79. The van der Waals surface area contributed by atoms with Crippen LogP contribution in [-0.4, -0.2) is 12.4 Å². The summed E-state index contributed by atoms with van der Waals surface area (Å²) in [6.07, 6.45) is 4.75. The van der Waals surface area contributed by atoms with Gasteiger partial charge in [0, 0.05) is 18.7 Å². The molecule has 0 spiro atoms. The van der Waals surface area contributed by atoms with E-state index in [9.17, 15) is 0 Å². The van der Waals surface area contributed by atoms with Crippen molar-refractivity contribution in [2.24, 2.45) is 4.99 Å². The monoisotopic (exact) mass is 280 g/mol. The van der Waals surface area contributed by atoms with Crippen LogP contribution in [0.5, 0.6) is 11.5 Å². The third-order valence-electron chi connectivity index (χ3n) is 3.50. The summed E-state index contributed by atoms with van der Waals surface area (Å²) in [4.78, 5) is 4.58. The Morgan fingerprint density at radius 1 is 0.810 bits per heavy atom. The zero-order chi connectivity index (χ0) is 14.3. The van der Waals surface area contributed by atoms with Crippen LogP contribution >= 0.6 is 0 Å². The van der Waals surface area contributed by atoms with E-state index >= 15 is 0 Å². The number of benzene rings is 2. The minimum Gasteiger partial charge on any atom is -0.457 e. The summed E-state index contributed by atoms with van der Waals surface area (Å²) < 4.78 is 5.79. The first-order chi connectivity index (χ1) is 10.4. The lowest BCUT2D eigenvalue weighted by Crippen LogP contribution is -2.11. The predicted molar refractivity (Wildman–Crippen MR) is 87.4 cm³/mol. The number of hydrogen-bond acceptors (Lipinski definition) is 3. The quantitative estimate of drug-likeness (QED) is 0.870. The molecule has 0 fully saturated rings. The van der Waals surface area contributed by atoms with Crippen molar-refractivity contribution in [2.75, 3.05) is 11.9 Å². The van der Waals surface area contributed by atoms with E-state index in [-0.39, 0.29) is 0 Å². The molecule has 108 valence electrons. The second-order valence-electron chi connectivity index (χ2n) is 5.20. The molecular weight excluding hydrogens is 260 g/mol. The van der Waals surface area contributed by atoms with E-state index in [0.29, 0.717) is 0 Å². The number of rotatable bonds is 3. The molecule has 0 atom stereocenters. The van der Waals surface area contributed by atoms with Gasteiger partial charge >= 0.3 is 0 Å². The van der Waals surface area contributed by atoms with Gasteiger partial charge < -0.3 is 10.1 Å². The average Bonchev–Trinajstić information content (AvgIpc) is 2.79. The number of aliphatic imine (C=N–C) groups is 1. The summed E-state index contributed by atoms with van der Waals surface area (Å²) in [5.41, 5.74) is 1.07. The fraction of sp³-hybridized carbons (Fsp3) is 0.278. The molecule has 3 heteroatoms. The molecule has 0 radical (unpaired) electrons. The van der Waals surface area contributed by atoms with Crippen molar-refractivity contribution >= 4 is 11.5 Å². The third kappa shape index (κ3) is 4.09. The van der Waals surface area contributed by atoms with Crippen LogP contribution in [0.4, 0.5) is 5.69 Å². The maximum Gasteiger partial charge on any atom is 0.127 e. The topological polar surface area (TPSA) is 33.6 Å². The second kappa shape index (κ2) is 6.93. The third-order valence-corrected chi connectivity index (χ3v) is 3.50. The number of amidine groups is 1. The fourth-order valence-corrected chi connectivity index (χ4v) is 2.37. The van der Waals surface area contributed by atoms with Gasteiger partial charge in [0.2, 0.25) is 0 Å². The van der Waals surface area contributed by atoms with Crippen LogP contribution in [0.2, 0.25) is 0 Å². The van der Waals surface area contributed by atoms with Crippen LogP contribution in [0.1, 0.15) is 25.7 Å². The summed E-state index contributed by atoms with van der Waals surface area (Å²) in [7, 11) is 0. The van der Waals surface area contributed by atoms with Crippen LogP contribution in [0.15, 0.2) is 59.6 Å². The van der Waals surface area contributed by atoms with E-state index in [4.69, 9.17) is 4.74 Å². The van der Waals surface area contributed by atoms with Crippen LogP contribution in [-0.2, 0) is 0 Å². The van der Waals surface area contributed by atoms with Gasteiger partial charge in [0.05, 0.1) is 0 Å². The highest BCUT2D eigenvalue weighted by atomic mass is 16.5. The lowest BCUT2D eigenvalue weighted by Gasteiger charge is -2.10. The first-order valence-electron chi connectivity index (χ1n) is 7.53. The molecule has 0 amide bonds. The van der Waals surface area contributed by atoms with Crippen molar-refractivity contribution in [3.63, 3.8) is 0 Å². The second-order valence-corrected chi connectivity index (χ2v) is 5.20. The first-order valence-corrected chi connectivity index (χ1v) is 7.53. The molecule has 0 bridgehead atoms. The standard InChI is InChI=1S/C18H20N2O/c1-3-7-16(8-4-1)21-17-12-10-15(11-13-17)20-18-9-5-2-6-14-19-18/h1,3-4,7-8,10-13H,2,5-6,9,14H2,(H,19,20). The Labute approximate surface area is 125 Å². The zero-order valence-electron chi connectivity index (χ0n) is 12.1. The highest BCUT2D eigenvalue weighted by Crippen LogP contribution is 2.23. The van der Waals surface area contributed by atoms with Crippen molar-refractivity contribution in [3.05, 3.63) is 54.6 Å². The molecule has 1 aliphatic heterocycles. The molecule has 3 rings (SSSR count). The first kappa shape index (κ1) is 13.7. The van der Waals surface area contributed by atoms with Gasteiger partial charge in [-0.3, -0.25) is 4.99 Å². The highest BCUT2D eigenvalue weighted by molar-refractivity contribution is 5.95. The van der Waals surface area contributed by atoms with E-state index in [1.54, 1.807) is 0 Å². The number of nitrogens with one attached hydrogen (secondary N) is 1. The number of nitrogens with zero attached hydrogens (tertiary/aromatic N) is 1. The molecule has 1 N–H and O–H groups in total. The van der Waals surface area contributed by atoms with E-state index in [0.717, 1.165) is 36.0 Å². The predicted octanol–water partition coefficient (Wildman–Crippen LogP) is 4.86. The number of ether oxygens (including phenoxy) is 1. The Hall–Kier alpha value is -2.29. The molecule has 0 saturated carbocycles. The van der Waals surface area contributed by atoms with Gasteiger partial charge in [-0.1, -0.05) is 24.6 Å².